The Kier molecular flexibility index (Phi) is 4.45. The minimum absolute atomic E-state index is 0.104. The second-order valence-corrected chi connectivity index (χ2v) is 5.22. The van der Waals surface area contributed by atoms with Crippen molar-refractivity contribution in [3.63, 3.8) is 0 Å². The predicted molar refractivity (Wildman–Crippen MR) is 59.9 cm³/mol. The largest absolute Gasteiger partial charge is 0.481 e. The first-order chi connectivity index (χ1) is 7.04. The zero-order valence-electron chi connectivity index (χ0n) is 8.91. The van der Waals surface area contributed by atoms with Crippen LogP contribution in [0.5, 0.6) is 0 Å². The summed E-state index contributed by atoms with van der Waals surface area (Å²) in [4.78, 5) is 21.8. The SMILES string of the molecule is CC1(C(=O)NCCSCC(=O)O)CCC1. The molecule has 1 aliphatic carbocycles. The minimum Gasteiger partial charge on any atom is -0.481 e. The number of carbonyl (C=O) groups is 2. The van der Waals surface area contributed by atoms with Crippen LogP contribution in [0.4, 0.5) is 0 Å². The van der Waals surface area contributed by atoms with E-state index in [9.17, 15) is 9.59 Å². The fourth-order valence-corrected chi connectivity index (χ4v) is 2.11. The van der Waals surface area contributed by atoms with Gasteiger partial charge in [-0.2, -0.15) is 0 Å². The maximum Gasteiger partial charge on any atom is 0.313 e. The number of carboxylic acids is 1. The van der Waals surface area contributed by atoms with Gasteiger partial charge in [0.2, 0.25) is 5.91 Å². The van der Waals surface area contributed by atoms with Crippen molar-refractivity contribution >= 4 is 23.6 Å². The Morgan fingerprint density at radius 2 is 2.13 bits per heavy atom. The van der Waals surface area contributed by atoms with Gasteiger partial charge in [-0.3, -0.25) is 9.59 Å². The van der Waals surface area contributed by atoms with Gasteiger partial charge in [-0.1, -0.05) is 13.3 Å². The Hall–Kier alpha value is -0.710. The maximum atomic E-state index is 11.6. The van der Waals surface area contributed by atoms with E-state index < -0.39 is 5.97 Å². The van der Waals surface area contributed by atoms with Gasteiger partial charge >= 0.3 is 5.97 Å². The van der Waals surface area contributed by atoms with Crippen LogP contribution in [0.25, 0.3) is 0 Å². The molecule has 0 saturated heterocycles. The van der Waals surface area contributed by atoms with Gasteiger partial charge in [0, 0.05) is 17.7 Å². The first-order valence-corrected chi connectivity index (χ1v) is 6.28. The number of aliphatic carboxylic acids is 1. The van der Waals surface area contributed by atoms with E-state index in [0.29, 0.717) is 12.3 Å². The van der Waals surface area contributed by atoms with Crippen molar-refractivity contribution in [1.82, 2.24) is 5.32 Å². The fraction of sp³-hybridized carbons (Fsp3) is 0.800. The summed E-state index contributed by atoms with van der Waals surface area (Å²) in [6, 6.07) is 0. The van der Waals surface area contributed by atoms with Gasteiger partial charge in [0.1, 0.15) is 0 Å². The van der Waals surface area contributed by atoms with Crippen LogP contribution in [0.1, 0.15) is 26.2 Å². The third kappa shape index (κ3) is 3.74. The number of nitrogens with one attached hydrogen (secondary N) is 1. The molecule has 5 heteroatoms. The topological polar surface area (TPSA) is 66.4 Å². The van der Waals surface area contributed by atoms with E-state index in [-0.39, 0.29) is 17.1 Å². The maximum absolute atomic E-state index is 11.6. The molecule has 86 valence electrons. The molecule has 0 aromatic rings. The first kappa shape index (κ1) is 12.4. The van der Waals surface area contributed by atoms with Gasteiger partial charge in [0.15, 0.2) is 0 Å². The number of rotatable bonds is 6. The van der Waals surface area contributed by atoms with Crippen molar-refractivity contribution < 1.29 is 14.7 Å². The summed E-state index contributed by atoms with van der Waals surface area (Å²) in [6.07, 6.45) is 3.08. The summed E-state index contributed by atoms with van der Waals surface area (Å²) in [5.74, 6) is 0.0725. The average molecular weight is 231 g/mol. The second-order valence-electron chi connectivity index (χ2n) is 4.12. The van der Waals surface area contributed by atoms with Crippen LogP contribution in [0.15, 0.2) is 0 Å². The van der Waals surface area contributed by atoms with E-state index in [1.54, 1.807) is 0 Å². The van der Waals surface area contributed by atoms with E-state index in [0.717, 1.165) is 19.3 Å². The molecule has 0 aliphatic heterocycles. The molecular weight excluding hydrogens is 214 g/mol. The molecule has 1 aliphatic rings. The molecule has 2 N–H and O–H groups in total. The third-order valence-corrected chi connectivity index (χ3v) is 3.71. The molecule has 0 heterocycles. The van der Waals surface area contributed by atoms with Gasteiger partial charge in [-0.25, -0.2) is 0 Å². The molecule has 0 spiro atoms. The van der Waals surface area contributed by atoms with Gasteiger partial charge < -0.3 is 10.4 Å². The lowest BCUT2D eigenvalue weighted by atomic mass is 9.70. The van der Waals surface area contributed by atoms with Gasteiger partial charge in [0.25, 0.3) is 0 Å². The highest BCUT2D eigenvalue weighted by Crippen LogP contribution is 2.40. The number of hydrogen-bond donors (Lipinski definition) is 2. The summed E-state index contributed by atoms with van der Waals surface area (Å²) < 4.78 is 0. The van der Waals surface area contributed by atoms with E-state index in [1.165, 1.54) is 11.8 Å². The summed E-state index contributed by atoms with van der Waals surface area (Å²) in [7, 11) is 0. The molecule has 1 fully saturated rings. The van der Waals surface area contributed by atoms with E-state index >= 15 is 0 Å². The first-order valence-electron chi connectivity index (χ1n) is 5.12. The molecule has 0 unspecified atom stereocenters. The molecule has 0 bridgehead atoms. The lowest BCUT2D eigenvalue weighted by Crippen LogP contribution is -2.44. The van der Waals surface area contributed by atoms with E-state index in [1.807, 2.05) is 6.92 Å². The Morgan fingerprint density at radius 1 is 1.47 bits per heavy atom. The van der Waals surface area contributed by atoms with Crippen molar-refractivity contribution in [2.24, 2.45) is 5.41 Å². The standard InChI is InChI=1S/C10H17NO3S/c1-10(3-2-4-10)9(14)11-5-6-15-7-8(12)13/h2-7H2,1H3,(H,11,14)(H,12,13). The Labute approximate surface area is 93.8 Å². The average Bonchev–Trinajstić information content (AvgIpc) is 2.12. The molecule has 0 aromatic heterocycles. The minimum atomic E-state index is -0.808. The van der Waals surface area contributed by atoms with Crippen LogP contribution in [-0.4, -0.2) is 35.0 Å². The lowest BCUT2D eigenvalue weighted by Gasteiger charge is -2.36. The molecule has 1 saturated carbocycles. The normalized spacial score (nSPS) is 17.9. The van der Waals surface area contributed by atoms with Gasteiger partial charge in [-0.15, -0.1) is 11.8 Å². The van der Waals surface area contributed by atoms with Crippen molar-refractivity contribution in [2.75, 3.05) is 18.1 Å². The zero-order valence-corrected chi connectivity index (χ0v) is 9.73. The van der Waals surface area contributed by atoms with Crippen molar-refractivity contribution in [2.45, 2.75) is 26.2 Å². The molecule has 15 heavy (non-hydrogen) atoms. The lowest BCUT2D eigenvalue weighted by molar-refractivity contribution is -0.134. The number of carbonyl (C=O) groups excluding carboxylic acids is 1. The molecule has 0 aromatic carbocycles. The van der Waals surface area contributed by atoms with Crippen LogP contribution in [0, 0.1) is 5.41 Å². The van der Waals surface area contributed by atoms with E-state index in [2.05, 4.69) is 5.32 Å². The number of amides is 1. The van der Waals surface area contributed by atoms with Crippen molar-refractivity contribution in [1.29, 1.82) is 0 Å². The summed E-state index contributed by atoms with van der Waals surface area (Å²) in [5, 5.41) is 11.2. The number of thioether (sulfide) groups is 1. The van der Waals surface area contributed by atoms with Gasteiger partial charge in [0.05, 0.1) is 5.75 Å². The Morgan fingerprint density at radius 3 is 2.60 bits per heavy atom. The molecule has 1 rings (SSSR count). The summed E-state index contributed by atoms with van der Waals surface area (Å²) >= 11 is 1.33. The van der Waals surface area contributed by atoms with E-state index in [4.69, 9.17) is 5.11 Å². The number of carboxylic acid groups (broad SMARTS) is 1. The highest BCUT2D eigenvalue weighted by Gasteiger charge is 2.38. The predicted octanol–water partition coefficient (Wildman–Crippen LogP) is 1.11. The molecule has 4 nitrogen and oxygen atoms in total. The quantitative estimate of drug-likeness (QED) is 0.672. The van der Waals surface area contributed by atoms with Crippen LogP contribution in [0.3, 0.4) is 0 Å². The van der Waals surface area contributed by atoms with Crippen molar-refractivity contribution in [3.05, 3.63) is 0 Å². The second kappa shape index (κ2) is 5.39. The highest BCUT2D eigenvalue weighted by molar-refractivity contribution is 7.99. The monoisotopic (exact) mass is 231 g/mol. The van der Waals surface area contributed by atoms with Crippen LogP contribution in [0.2, 0.25) is 0 Å². The fourth-order valence-electron chi connectivity index (χ4n) is 1.54. The van der Waals surface area contributed by atoms with Crippen LogP contribution >= 0.6 is 11.8 Å². The van der Waals surface area contributed by atoms with Crippen LogP contribution < -0.4 is 5.32 Å². The zero-order chi connectivity index (χ0) is 11.3. The molecular formula is C10H17NO3S. The van der Waals surface area contributed by atoms with Gasteiger partial charge in [-0.05, 0) is 12.8 Å². The smallest absolute Gasteiger partial charge is 0.313 e. The molecule has 0 radical (unpaired) electrons. The Bertz CT molecular complexity index is 251. The summed E-state index contributed by atoms with van der Waals surface area (Å²) in [5.41, 5.74) is -0.155. The highest BCUT2D eigenvalue weighted by atomic mass is 32.2. The van der Waals surface area contributed by atoms with Crippen molar-refractivity contribution in [3.8, 4) is 0 Å². The number of hydrogen-bond acceptors (Lipinski definition) is 3. The molecule has 0 atom stereocenters. The Balaban J connectivity index is 2.05. The summed E-state index contributed by atoms with van der Waals surface area (Å²) in [6.45, 7) is 2.54. The third-order valence-electron chi connectivity index (χ3n) is 2.76. The van der Waals surface area contributed by atoms with Crippen LogP contribution in [-0.2, 0) is 9.59 Å². The molecule has 1 amide bonds.